The number of methoxy groups -OCH3 is 2. The molecule has 0 aliphatic carbocycles. The molecule has 0 spiro atoms. The lowest BCUT2D eigenvalue weighted by molar-refractivity contribution is -0.116. The number of hydrogen-bond acceptors (Lipinski definition) is 5. The molecule has 0 aliphatic rings. The highest BCUT2D eigenvalue weighted by Crippen LogP contribution is 2.32. The van der Waals surface area contributed by atoms with Gasteiger partial charge in [0.05, 0.1) is 25.0 Å². The zero-order chi connectivity index (χ0) is 24.8. The van der Waals surface area contributed by atoms with Crippen LogP contribution in [0.5, 0.6) is 11.5 Å². The number of pyridine rings is 1. The molecule has 0 aliphatic heterocycles. The molecule has 180 valence electrons. The van der Waals surface area contributed by atoms with Crippen molar-refractivity contribution >= 4 is 33.8 Å². The molecule has 35 heavy (non-hydrogen) atoms. The van der Waals surface area contributed by atoms with E-state index < -0.39 is 10.8 Å². The van der Waals surface area contributed by atoms with Crippen molar-refractivity contribution in [2.45, 2.75) is 18.4 Å². The van der Waals surface area contributed by atoms with Gasteiger partial charge in [-0.25, -0.2) is 4.98 Å². The summed E-state index contributed by atoms with van der Waals surface area (Å²) in [7, 11) is 2.12. The smallest absolute Gasteiger partial charge is 0.244 e. The highest BCUT2D eigenvalue weighted by atomic mass is 32.2. The average Bonchev–Trinajstić information content (AvgIpc) is 3.33. The van der Waals surface area contributed by atoms with Crippen molar-refractivity contribution < 1.29 is 18.5 Å². The molecule has 4 rings (SSSR count). The van der Waals surface area contributed by atoms with Gasteiger partial charge in [0.15, 0.2) is 11.5 Å². The van der Waals surface area contributed by atoms with Crippen molar-refractivity contribution in [3.8, 4) is 22.6 Å². The number of nitrogens with zero attached hydrogens (tertiary/aromatic N) is 1. The third-order valence-electron chi connectivity index (χ3n) is 5.60. The topological polar surface area (TPSA) is 93.3 Å². The van der Waals surface area contributed by atoms with Crippen LogP contribution in [0.15, 0.2) is 71.9 Å². The molecule has 1 unspecified atom stereocenters. The van der Waals surface area contributed by atoms with E-state index in [-0.39, 0.29) is 5.91 Å². The molecule has 4 aromatic rings. The molecule has 2 aromatic carbocycles. The lowest BCUT2D eigenvalue weighted by atomic mass is 10.0. The van der Waals surface area contributed by atoms with Gasteiger partial charge in [0.25, 0.3) is 0 Å². The van der Waals surface area contributed by atoms with E-state index in [0.717, 1.165) is 38.2 Å². The van der Waals surface area contributed by atoms with Crippen molar-refractivity contribution in [1.29, 1.82) is 0 Å². The summed E-state index contributed by atoms with van der Waals surface area (Å²) in [5, 5.41) is 3.79. The molecule has 0 radical (unpaired) electrons. The van der Waals surface area contributed by atoms with Crippen LogP contribution in [0.4, 0.5) is 0 Å². The monoisotopic (exact) mass is 489 g/mol. The summed E-state index contributed by atoms with van der Waals surface area (Å²) in [5.41, 5.74) is 4.36. The zero-order valence-corrected chi connectivity index (χ0v) is 20.6. The standard InChI is InChI=1S/C27H27N3O4S/c1-4-35(32)21-7-5-6-19(15-21)22-12-13-28-27-26(22)20(17-30-27)9-11-25(31)29-16-18-8-10-23(33-2)24(14-18)34-3/h5-15,17H,4,16H2,1-3H3,(H,28,30)(H,29,31)/b11-9+. The molecule has 2 N–H and O–H groups in total. The molecule has 2 heterocycles. The van der Waals surface area contributed by atoms with Gasteiger partial charge in [0.2, 0.25) is 5.91 Å². The number of ether oxygens (including phenoxy) is 2. The van der Waals surface area contributed by atoms with Crippen LogP contribution in [-0.2, 0) is 22.1 Å². The van der Waals surface area contributed by atoms with Crippen molar-refractivity contribution in [3.63, 3.8) is 0 Å². The summed E-state index contributed by atoms with van der Waals surface area (Å²) < 4.78 is 22.9. The molecule has 0 fully saturated rings. The van der Waals surface area contributed by atoms with E-state index >= 15 is 0 Å². The second-order valence-corrected chi connectivity index (χ2v) is 9.47. The van der Waals surface area contributed by atoms with Crippen molar-refractivity contribution in [1.82, 2.24) is 15.3 Å². The number of aromatic amines is 1. The summed E-state index contributed by atoms with van der Waals surface area (Å²) in [5.74, 6) is 1.59. The van der Waals surface area contributed by atoms with Crippen LogP contribution in [0.2, 0.25) is 0 Å². The maximum absolute atomic E-state index is 12.5. The molecule has 0 saturated heterocycles. The minimum atomic E-state index is -1.04. The maximum atomic E-state index is 12.5. The first-order valence-corrected chi connectivity index (χ1v) is 12.5. The number of hydrogen-bond donors (Lipinski definition) is 2. The first-order chi connectivity index (χ1) is 17.0. The lowest BCUT2D eigenvalue weighted by Crippen LogP contribution is -2.20. The summed E-state index contributed by atoms with van der Waals surface area (Å²) in [4.78, 5) is 20.9. The van der Waals surface area contributed by atoms with Crippen LogP contribution in [0, 0.1) is 0 Å². The molecule has 8 heteroatoms. The van der Waals surface area contributed by atoms with Gasteiger partial charge in [-0.2, -0.15) is 0 Å². The van der Waals surface area contributed by atoms with E-state index in [1.165, 1.54) is 6.08 Å². The Bertz CT molecular complexity index is 1410. The fourth-order valence-electron chi connectivity index (χ4n) is 3.83. The van der Waals surface area contributed by atoms with E-state index in [9.17, 15) is 9.00 Å². The molecule has 1 amide bonds. The molecule has 0 bridgehead atoms. The minimum Gasteiger partial charge on any atom is -0.493 e. The fourth-order valence-corrected chi connectivity index (χ4v) is 4.65. The Morgan fingerprint density at radius 2 is 1.94 bits per heavy atom. The van der Waals surface area contributed by atoms with E-state index in [1.807, 2.05) is 61.7 Å². The van der Waals surface area contributed by atoms with Crippen molar-refractivity contribution in [3.05, 3.63) is 78.1 Å². The number of nitrogens with one attached hydrogen (secondary N) is 2. The normalized spacial score (nSPS) is 12.1. The lowest BCUT2D eigenvalue weighted by Gasteiger charge is -2.09. The second-order valence-electron chi connectivity index (χ2n) is 7.73. The predicted octanol–water partition coefficient (Wildman–Crippen LogP) is 4.70. The third kappa shape index (κ3) is 5.44. The summed E-state index contributed by atoms with van der Waals surface area (Å²) >= 11 is 0. The van der Waals surface area contributed by atoms with Gasteiger partial charge >= 0.3 is 0 Å². The minimum absolute atomic E-state index is 0.222. The van der Waals surface area contributed by atoms with E-state index in [0.29, 0.717) is 23.8 Å². The van der Waals surface area contributed by atoms with Gasteiger partial charge in [-0.1, -0.05) is 25.1 Å². The molecule has 1 atom stereocenters. The number of rotatable bonds is 9. The van der Waals surface area contributed by atoms with Crippen LogP contribution in [0.3, 0.4) is 0 Å². The maximum Gasteiger partial charge on any atom is 0.244 e. The Kier molecular flexibility index (Phi) is 7.62. The summed E-state index contributed by atoms with van der Waals surface area (Å²) in [6.45, 7) is 2.25. The Morgan fingerprint density at radius 3 is 2.71 bits per heavy atom. The van der Waals surface area contributed by atoms with Gasteiger partial charge < -0.3 is 19.8 Å². The number of aromatic nitrogens is 2. The van der Waals surface area contributed by atoms with Crippen LogP contribution in [0.25, 0.3) is 28.2 Å². The van der Waals surface area contributed by atoms with Gasteiger partial charge in [0.1, 0.15) is 5.65 Å². The van der Waals surface area contributed by atoms with E-state index in [4.69, 9.17) is 9.47 Å². The van der Waals surface area contributed by atoms with Gasteiger partial charge in [-0.05, 0) is 53.1 Å². The molecule has 0 saturated carbocycles. The Morgan fingerprint density at radius 1 is 1.11 bits per heavy atom. The average molecular weight is 490 g/mol. The van der Waals surface area contributed by atoms with Crippen LogP contribution < -0.4 is 14.8 Å². The predicted molar refractivity (Wildman–Crippen MR) is 139 cm³/mol. The number of carbonyl (C=O) groups excluding carboxylic acids is 1. The molecular weight excluding hydrogens is 462 g/mol. The SMILES string of the molecule is CCS(=O)c1cccc(-c2ccnc3[nH]cc(/C=C/C(=O)NCc4ccc(OC)c(OC)c4)c23)c1. The van der Waals surface area contributed by atoms with Gasteiger partial charge in [0, 0.05) is 46.6 Å². The Labute approximate surface area is 206 Å². The summed E-state index contributed by atoms with van der Waals surface area (Å²) in [6, 6.07) is 15.2. The highest BCUT2D eigenvalue weighted by molar-refractivity contribution is 7.85. The highest BCUT2D eigenvalue weighted by Gasteiger charge is 2.12. The first kappa shape index (κ1) is 24.2. The van der Waals surface area contributed by atoms with Gasteiger partial charge in [-0.3, -0.25) is 9.00 Å². The summed E-state index contributed by atoms with van der Waals surface area (Å²) in [6.07, 6.45) is 6.83. The van der Waals surface area contributed by atoms with Crippen molar-refractivity contribution in [2.24, 2.45) is 0 Å². The second kappa shape index (κ2) is 11.0. The molecule has 2 aromatic heterocycles. The Hall–Kier alpha value is -3.91. The third-order valence-corrected chi connectivity index (χ3v) is 6.91. The Balaban J connectivity index is 1.55. The first-order valence-electron chi connectivity index (χ1n) is 11.2. The number of fused-ring (bicyclic) bond motifs is 1. The van der Waals surface area contributed by atoms with Crippen LogP contribution in [0.1, 0.15) is 18.1 Å². The largest absolute Gasteiger partial charge is 0.493 e. The van der Waals surface area contributed by atoms with E-state index in [1.54, 1.807) is 26.5 Å². The van der Waals surface area contributed by atoms with Crippen LogP contribution in [-0.4, -0.2) is 40.1 Å². The number of carbonyl (C=O) groups is 1. The van der Waals surface area contributed by atoms with Gasteiger partial charge in [-0.15, -0.1) is 0 Å². The quantitative estimate of drug-likeness (QED) is 0.332. The number of H-pyrrole nitrogens is 1. The van der Waals surface area contributed by atoms with Crippen LogP contribution >= 0.6 is 0 Å². The molecular formula is C27H27N3O4S. The zero-order valence-electron chi connectivity index (χ0n) is 19.8. The van der Waals surface area contributed by atoms with E-state index in [2.05, 4.69) is 15.3 Å². The molecule has 7 nitrogen and oxygen atoms in total. The fraction of sp³-hybridized carbons (Fsp3) is 0.185. The number of amides is 1. The number of benzene rings is 2. The van der Waals surface area contributed by atoms with Crippen molar-refractivity contribution in [2.75, 3.05) is 20.0 Å².